The van der Waals surface area contributed by atoms with Crippen LogP contribution < -0.4 is 10.1 Å². The SMILES string of the molecule is COc1ccc(NC(=O)/C(C#N)=C/c2cn(-c3ccccc3)nc2-c2cccnc2)cc1. The Kier molecular flexibility index (Phi) is 6.05. The van der Waals surface area contributed by atoms with Crippen LogP contribution in [0.5, 0.6) is 5.75 Å². The van der Waals surface area contributed by atoms with E-state index in [1.807, 2.05) is 48.5 Å². The van der Waals surface area contributed by atoms with E-state index in [4.69, 9.17) is 4.74 Å². The monoisotopic (exact) mass is 421 g/mol. The zero-order valence-electron chi connectivity index (χ0n) is 17.3. The zero-order valence-corrected chi connectivity index (χ0v) is 17.3. The lowest BCUT2D eigenvalue weighted by atomic mass is 10.1. The van der Waals surface area contributed by atoms with Crippen molar-refractivity contribution in [2.75, 3.05) is 12.4 Å². The molecular weight excluding hydrogens is 402 g/mol. The number of anilines is 1. The van der Waals surface area contributed by atoms with Crippen LogP contribution in [0.4, 0.5) is 5.69 Å². The summed E-state index contributed by atoms with van der Waals surface area (Å²) in [6, 6.07) is 22.2. The van der Waals surface area contributed by atoms with Gasteiger partial charge in [0, 0.05) is 35.4 Å². The molecule has 4 rings (SSSR count). The number of carbonyl (C=O) groups excluding carboxylic acids is 1. The van der Waals surface area contributed by atoms with Gasteiger partial charge in [0.2, 0.25) is 0 Å². The number of nitrogens with zero attached hydrogens (tertiary/aromatic N) is 4. The highest BCUT2D eigenvalue weighted by Crippen LogP contribution is 2.25. The number of nitriles is 1. The molecule has 2 aromatic carbocycles. The summed E-state index contributed by atoms with van der Waals surface area (Å²) < 4.78 is 6.84. The molecular formula is C25H19N5O2. The molecule has 0 atom stereocenters. The molecule has 7 heteroatoms. The van der Waals surface area contributed by atoms with Gasteiger partial charge in [0.15, 0.2) is 0 Å². The second kappa shape index (κ2) is 9.41. The minimum absolute atomic E-state index is 0.0430. The Bertz CT molecular complexity index is 1290. The predicted molar refractivity (Wildman–Crippen MR) is 122 cm³/mol. The summed E-state index contributed by atoms with van der Waals surface area (Å²) in [5.74, 6) is 0.163. The number of methoxy groups -OCH3 is 1. The molecule has 4 aromatic rings. The first-order valence-corrected chi connectivity index (χ1v) is 9.80. The molecule has 0 fully saturated rings. The number of hydrogen-bond acceptors (Lipinski definition) is 5. The maximum absolute atomic E-state index is 12.8. The van der Waals surface area contributed by atoms with E-state index in [1.165, 1.54) is 6.08 Å². The number of aromatic nitrogens is 3. The van der Waals surface area contributed by atoms with Crippen LogP contribution in [0.2, 0.25) is 0 Å². The van der Waals surface area contributed by atoms with Crippen LogP contribution in [0.25, 0.3) is 23.0 Å². The van der Waals surface area contributed by atoms with Gasteiger partial charge >= 0.3 is 0 Å². The Morgan fingerprint density at radius 3 is 2.53 bits per heavy atom. The maximum Gasteiger partial charge on any atom is 0.266 e. The van der Waals surface area contributed by atoms with Crippen LogP contribution in [-0.2, 0) is 4.79 Å². The lowest BCUT2D eigenvalue weighted by molar-refractivity contribution is -0.112. The Morgan fingerprint density at radius 2 is 1.88 bits per heavy atom. The third kappa shape index (κ3) is 4.55. The summed E-state index contributed by atoms with van der Waals surface area (Å²) in [5.41, 5.74) is 3.40. The number of carbonyl (C=O) groups is 1. The summed E-state index contributed by atoms with van der Waals surface area (Å²) in [7, 11) is 1.57. The number of hydrogen-bond donors (Lipinski definition) is 1. The number of amides is 1. The van der Waals surface area contributed by atoms with Gasteiger partial charge in [-0.3, -0.25) is 9.78 Å². The number of nitrogens with one attached hydrogen (secondary N) is 1. The lowest BCUT2D eigenvalue weighted by Gasteiger charge is -2.05. The fourth-order valence-corrected chi connectivity index (χ4v) is 3.11. The Balaban J connectivity index is 1.70. The first-order valence-electron chi connectivity index (χ1n) is 9.80. The van der Waals surface area contributed by atoms with Crippen molar-refractivity contribution in [3.8, 4) is 28.8 Å². The van der Waals surface area contributed by atoms with Crippen LogP contribution in [0.1, 0.15) is 5.56 Å². The number of benzene rings is 2. The fraction of sp³-hybridized carbons (Fsp3) is 0.0400. The molecule has 0 unspecified atom stereocenters. The molecule has 2 aromatic heterocycles. The van der Waals surface area contributed by atoms with Gasteiger partial charge in [0.25, 0.3) is 5.91 Å². The molecule has 0 aliphatic rings. The molecule has 0 saturated carbocycles. The molecule has 0 spiro atoms. The van der Waals surface area contributed by atoms with E-state index in [1.54, 1.807) is 54.6 Å². The van der Waals surface area contributed by atoms with E-state index in [2.05, 4.69) is 15.4 Å². The molecule has 0 radical (unpaired) electrons. The smallest absolute Gasteiger partial charge is 0.266 e. The third-order valence-corrected chi connectivity index (χ3v) is 4.71. The van der Waals surface area contributed by atoms with Crippen molar-refractivity contribution in [1.29, 1.82) is 5.26 Å². The average Bonchev–Trinajstić information content (AvgIpc) is 3.28. The van der Waals surface area contributed by atoms with E-state index >= 15 is 0 Å². The van der Waals surface area contributed by atoms with Gasteiger partial charge in [0.1, 0.15) is 23.1 Å². The molecule has 1 N–H and O–H groups in total. The largest absolute Gasteiger partial charge is 0.497 e. The Morgan fingerprint density at radius 1 is 1.09 bits per heavy atom. The molecule has 32 heavy (non-hydrogen) atoms. The third-order valence-electron chi connectivity index (χ3n) is 4.71. The normalized spacial score (nSPS) is 10.9. The molecule has 1 amide bonds. The van der Waals surface area contributed by atoms with Crippen molar-refractivity contribution in [1.82, 2.24) is 14.8 Å². The standard InChI is InChI=1S/C25H19N5O2/c1-32-23-11-9-21(10-12-23)28-25(31)19(15-26)14-20-17-30(22-7-3-2-4-8-22)29-24(20)18-6-5-13-27-16-18/h2-14,16-17H,1H3,(H,28,31)/b19-14+. The summed E-state index contributed by atoms with van der Waals surface area (Å²) >= 11 is 0. The molecule has 0 aliphatic carbocycles. The van der Waals surface area contributed by atoms with Crippen molar-refractivity contribution in [3.05, 3.63) is 96.5 Å². The average molecular weight is 421 g/mol. The molecule has 0 aliphatic heterocycles. The van der Waals surface area contributed by atoms with Crippen LogP contribution >= 0.6 is 0 Å². The van der Waals surface area contributed by atoms with Crippen LogP contribution in [-0.4, -0.2) is 27.8 Å². The van der Waals surface area contributed by atoms with Gasteiger partial charge < -0.3 is 10.1 Å². The van der Waals surface area contributed by atoms with E-state index in [9.17, 15) is 10.1 Å². The zero-order chi connectivity index (χ0) is 22.3. The summed E-state index contributed by atoms with van der Waals surface area (Å²) in [5, 5.41) is 17.1. The summed E-state index contributed by atoms with van der Waals surface area (Å²) in [6.07, 6.45) is 6.69. The van der Waals surface area contributed by atoms with Crippen LogP contribution in [0, 0.1) is 11.3 Å². The maximum atomic E-state index is 12.8. The van der Waals surface area contributed by atoms with E-state index in [0.717, 1.165) is 11.3 Å². The quantitative estimate of drug-likeness (QED) is 0.366. The number of pyridine rings is 1. The molecule has 0 bridgehead atoms. The van der Waals surface area contributed by atoms with Gasteiger partial charge in [-0.2, -0.15) is 10.4 Å². The highest BCUT2D eigenvalue weighted by Gasteiger charge is 2.15. The van der Waals surface area contributed by atoms with Crippen molar-refractivity contribution < 1.29 is 9.53 Å². The van der Waals surface area contributed by atoms with Gasteiger partial charge in [-0.05, 0) is 54.6 Å². The highest BCUT2D eigenvalue weighted by molar-refractivity contribution is 6.10. The minimum Gasteiger partial charge on any atom is -0.497 e. The van der Waals surface area contributed by atoms with Gasteiger partial charge in [0.05, 0.1) is 12.8 Å². The molecule has 0 saturated heterocycles. The van der Waals surface area contributed by atoms with Crippen molar-refractivity contribution in [3.63, 3.8) is 0 Å². The number of ether oxygens (including phenoxy) is 1. The molecule has 156 valence electrons. The van der Waals surface area contributed by atoms with Crippen molar-refractivity contribution >= 4 is 17.7 Å². The van der Waals surface area contributed by atoms with Crippen molar-refractivity contribution in [2.45, 2.75) is 0 Å². The number of para-hydroxylation sites is 1. The Hall–Kier alpha value is -4.70. The second-order valence-corrected chi connectivity index (χ2v) is 6.81. The molecule has 7 nitrogen and oxygen atoms in total. The van der Waals surface area contributed by atoms with E-state index < -0.39 is 5.91 Å². The minimum atomic E-state index is -0.512. The predicted octanol–water partition coefficient (Wildman–Crippen LogP) is 4.49. The topological polar surface area (TPSA) is 92.8 Å². The van der Waals surface area contributed by atoms with Crippen LogP contribution in [0.3, 0.4) is 0 Å². The molecule has 2 heterocycles. The summed E-state index contributed by atoms with van der Waals surface area (Å²) in [4.78, 5) is 16.9. The second-order valence-electron chi connectivity index (χ2n) is 6.81. The van der Waals surface area contributed by atoms with E-state index in [0.29, 0.717) is 22.7 Å². The first kappa shape index (κ1) is 20.6. The van der Waals surface area contributed by atoms with Gasteiger partial charge in [-0.1, -0.05) is 18.2 Å². The van der Waals surface area contributed by atoms with E-state index in [-0.39, 0.29) is 5.57 Å². The Labute approximate surface area is 185 Å². The van der Waals surface area contributed by atoms with Crippen LogP contribution in [0.15, 0.2) is 90.9 Å². The summed E-state index contributed by atoms with van der Waals surface area (Å²) in [6.45, 7) is 0. The fourth-order valence-electron chi connectivity index (χ4n) is 3.11. The van der Waals surface area contributed by atoms with Gasteiger partial charge in [-0.15, -0.1) is 0 Å². The first-order chi connectivity index (χ1) is 15.7. The van der Waals surface area contributed by atoms with Gasteiger partial charge in [-0.25, -0.2) is 4.68 Å². The lowest BCUT2D eigenvalue weighted by Crippen LogP contribution is -2.13. The number of rotatable bonds is 6. The van der Waals surface area contributed by atoms with Crippen molar-refractivity contribution in [2.24, 2.45) is 0 Å². The highest BCUT2D eigenvalue weighted by atomic mass is 16.5.